The van der Waals surface area contributed by atoms with Crippen LogP contribution in [0.15, 0.2) is 30.3 Å². The van der Waals surface area contributed by atoms with E-state index in [4.69, 9.17) is 10.3 Å². The van der Waals surface area contributed by atoms with Crippen molar-refractivity contribution < 1.29 is 9.09 Å². The summed E-state index contributed by atoms with van der Waals surface area (Å²) in [5, 5.41) is 0. The predicted molar refractivity (Wildman–Crippen MR) is 48.3 cm³/mol. The number of hydrogen-bond acceptors (Lipinski definition) is 3. The van der Waals surface area contributed by atoms with Gasteiger partial charge in [-0.15, -0.1) is 0 Å². The molecule has 1 aromatic rings. The van der Waals surface area contributed by atoms with Crippen LogP contribution in [0.25, 0.3) is 0 Å². The van der Waals surface area contributed by atoms with E-state index in [1.165, 1.54) is 0 Å². The largest absolute Gasteiger partial charge is 0.574 e. The van der Waals surface area contributed by atoms with Crippen molar-refractivity contribution in [2.75, 3.05) is 0 Å². The van der Waals surface area contributed by atoms with E-state index >= 15 is 0 Å². The smallest absolute Gasteiger partial charge is 0.284 e. The van der Waals surface area contributed by atoms with Crippen LogP contribution in [-0.2, 0) is 4.57 Å². The molecule has 0 spiro atoms. The molecule has 0 fully saturated rings. The van der Waals surface area contributed by atoms with Crippen molar-refractivity contribution in [3.63, 3.8) is 0 Å². The van der Waals surface area contributed by atoms with Crippen LogP contribution in [0.5, 0.6) is 5.75 Å². The summed E-state index contributed by atoms with van der Waals surface area (Å²) in [6.45, 7) is 1.65. The maximum atomic E-state index is 11.1. The van der Waals surface area contributed by atoms with Crippen LogP contribution in [0.3, 0.4) is 0 Å². The molecule has 4 heteroatoms. The molecule has 64 valence electrons. The van der Waals surface area contributed by atoms with Crippen LogP contribution in [0, 0.1) is 0 Å². The van der Waals surface area contributed by atoms with E-state index in [1.54, 1.807) is 19.1 Å². The van der Waals surface area contributed by atoms with Crippen LogP contribution in [0.2, 0.25) is 0 Å². The molecule has 0 bridgehead atoms. The van der Waals surface area contributed by atoms with E-state index in [2.05, 4.69) is 0 Å². The van der Waals surface area contributed by atoms with Gasteiger partial charge in [0.15, 0.2) is 5.75 Å². The maximum Gasteiger partial charge on any atom is 0.574 e. The Bertz CT molecular complexity index is 261. The highest BCUT2D eigenvalue weighted by atomic mass is 31.1. The highest BCUT2D eigenvalue weighted by molar-refractivity contribution is 7.40. The van der Waals surface area contributed by atoms with Gasteiger partial charge in [-0.3, -0.25) is 10.3 Å². The molecule has 2 N–H and O–H groups in total. The Morgan fingerprint density at radius 1 is 1.42 bits per heavy atom. The van der Waals surface area contributed by atoms with E-state index in [9.17, 15) is 4.57 Å². The van der Waals surface area contributed by atoms with Crippen LogP contribution < -0.4 is 10.3 Å². The molecule has 1 rings (SSSR count). The fraction of sp³-hybridized carbons (Fsp3) is 0.250. The molecular formula is C8H11NO2P+. The van der Waals surface area contributed by atoms with E-state index in [0.29, 0.717) is 5.75 Å². The van der Waals surface area contributed by atoms with Gasteiger partial charge in [0.1, 0.15) is 0 Å². The number of hydrogen-bond donors (Lipinski definition) is 1. The maximum absolute atomic E-state index is 11.1. The molecule has 0 radical (unpaired) electrons. The first-order valence-corrected chi connectivity index (χ1v) is 4.90. The molecule has 0 aromatic heterocycles. The lowest BCUT2D eigenvalue weighted by molar-refractivity contribution is 0.495. The van der Waals surface area contributed by atoms with Gasteiger partial charge < -0.3 is 0 Å². The van der Waals surface area contributed by atoms with Gasteiger partial charge in [0.2, 0.25) is 5.78 Å². The Kier molecular flexibility index (Phi) is 3.20. The number of nitrogens with two attached hydrogens (primary N) is 1. The molecule has 0 heterocycles. The zero-order valence-electron chi connectivity index (χ0n) is 6.81. The zero-order chi connectivity index (χ0) is 8.97. The minimum absolute atomic E-state index is 0.430. The molecule has 2 atom stereocenters. The van der Waals surface area contributed by atoms with Crippen LogP contribution in [0.1, 0.15) is 6.92 Å². The van der Waals surface area contributed by atoms with Gasteiger partial charge in [0.05, 0.1) is 0 Å². The summed E-state index contributed by atoms with van der Waals surface area (Å²) in [7, 11) is -1.79. The summed E-state index contributed by atoms with van der Waals surface area (Å²) in [4.78, 5) is 0. The van der Waals surface area contributed by atoms with Gasteiger partial charge in [0, 0.05) is 6.92 Å². The fourth-order valence-electron chi connectivity index (χ4n) is 0.668. The number of rotatable bonds is 3. The second-order valence-electron chi connectivity index (χ2n) is 2.43. The molecule has 0 amide bonds. The molecule has 12 heavy (non-hydrogen) atoms. The predicted octanol–water partition coefficient (Wildman–Crippen LogP) is 2.11. The molecule has 0 aliphatic rings. The number of para-hydroxylation sites is 1. The summed E-state index contributed by atoms with van der Waals surface area (Å²) in [6.07, 6.45) is 0. The molecule has 1 unspecified atom stereocenters. The third-order valence-corrected chi connectivity index (χ3v) is 2.33. The molecule has 1 aromatic carbocycles. The van der Waals surface area contributed by atoms with E-state index < -0.39 is 13.8 Å². The lowest BCUT2D eigenvalue weighted by Crippen LogP contribution is -2.11. The van der Waals surface area contributed by atoms with E-state index in [1.807, 2.05) is 18.2 Å². The van der Waals surface area contributed by atoms with Crippen molar-refractivity contribution in [2.45, 2.75) is 12.7 Å². The molecule has 0 aliphatic heterocycles. The zero-order valence-corrected chi connectivity index (χ0v) is 7.70. The highest BCUT2D eigenvalue weighted by Gasteiger charge is 2.24. The van der Waals surface area contributed by atoms with Crippen molar-refractivity contribution in [3.05, 3.63) is 30.3 Å². The van der Waals surface area contributed by atoms with Crippen molar-refractivity contribution in [1.82, 2.24) is 0 Å². The van der Waals surface area contributed by atoms with E-state index in [0.717, 1.165) is 0 Å². The molecule has 3 nitrogen and oxygen atoms in total. The van der Waals surface area contributed by atoms with Crippen LogP contribution in [-0.4, -0.2) is 5.78 Å². The van der Waals surface area contributed by atoms with Crippen molar-refractivity contribution in [1.29, 1.82) is 0 Å². The standard InChI is InChI=1S/C8H11NO2P/c1-7(9)12(10)11-8-5-3-2-4-6-8/h2-7H,9H2,1H3/q+1/t7-/m1/s1. The highest BCUT2D eigenvalue weighted by Crippen LogP contribution is 2.28. The summed E-state index contributed by atoms with van der Waals surface area (Å²) in [5.41, 5.74) is 5.38. The topological polar surface area (TPSA) is 52.3 Å². The van der Waals surface area contributed by atoms with E-state index in [-0.39, 0.29) is 0 Å². The molecule has 0 aliphatic carbocycles. The Morgan fingerprint density at radius 2 is 2.00 bits per heavy atom. The van der Waals surface area contributed by atoms with Gasteiger partial charge >= 0.3 is 8.03 Å². The average molecular weight is 184 g/mol. The SMILES string of the molecule is C[C@H](N)[P+](=O)Oc1ccccc1. The Labute approximate surface area is 72.4 Å². The van der Waals surface area contributed by atoms with Gasteiger partial charge in [-0.1, -0.05) is 18.2 Å². The van der Waals surface area contributed by atoms with Gasteiger partial charge in [0.25, 0.3) is 0 Å². The minimum atomic E-state index is -1.79. The number of benzene rings is 1. The minimum Gasteiger partial charge on any atom is -0.284 e. The quantitative estimate of drug-likeness (QED) is 0.732. The summed E-state index contributed by atoms with van der Waals surface area (Å²) < 4.78 is 16.2. The first-order valence-electron chi connectivity index (χ1n) is 3.65. The average Bonchev–Trinajstić information content (AvgIpc) is 2.06. The van der Waals surface area contributed by atoms with Crippen molar-refractivity contribution >= 4 is 8.03 Å². The third kappa shape index (κ3) is 2.61. The fourth-order valence-corrected chi connectivity index (χ4v) is 1.16. The molecular weight excluding hydrogens is 173 g/mol. The normalized spacial score (nSPS) is 13.7. The van der Waals surface area contributed by atoms with Crippen molar-refractivity contribution in [3.8, 4) is 5.75 Å². The molecule has 0 saturated heterocycles. The Morgan fingerprint density at radius 3 is 2.50 bits per heavy atom. The van der Waals surface area contributed by atoms with Crippen LogP contribution in [0.4, 0.5) is 0 Å². The Balaban J connectivity index is 2.59. The van der Waals surface area contributed by atoms with Gasteiger partial charge in [-0.25, -0.2) is 0 Å². The summed E-state index contributed by atoms with van der Waals surface area (Å²) in [5.74, 6) is 0.163. The summed E-state index contributed by atoms with van der Waals surface area (Å²) >= 11 is 0. The van der Waals surface area contributed by atoms with Crippen molar-refractivity contribution in [2.24, 2.45) is 5.73 Å². The monoisotopic (exact) mass is 184 g/mol. The first-order chi connectivity index (χ1) is 5.70. The second-order valence-corrected chi connectivity index (χ2v) is 4.00. The van der Waals surface area contributed by atoms with Gasteiger partial charge in [-0.2, -0.15) is 0 Å². The third-order valence-electron chi connectivity index (χ3n) is 1.27. The lowest BCUT2D eigenvalue weighted by Gasteiger charge is -1.93. The Hall–Kier alpha value is -0.920. The summed E-state index contributed by atoms with van der Waals surface area (Å²) in [6, 6.07) is 9.00. The molecule has 0 saturated carbocycles. The van der Waals surface area contributed by atoms with Gasteiger partial charge in [-0.05, 0) is 16.7 Å². The first kappa shape index (κ1) is 9.17. The van der Waals surface area contributed by atoms with Crippen LogP contribution >= 0.6 is 8.03 Å². The lowest BCUT2D eigenvalue weighted by atomic mass is 10.3. The second kappa shape index (κ2) is 4.19.